The van der Waals surface area contributed by atoms with Crippen LogP contribution in [0.5, 0.6) is 5.75 Å². The lowest BCUT2D eigenvalue weighted by molar-refractivity contribution is 0.188. The molecule has 0 fully saturated rings. The van der Waals surface area contributed by atoms with Crippen molar-refractivity contribution in [1.29, 1.82) is 0 Å². The van der Waals surface area contributed by atoms with Gasteiger partial charge in [0.15, 0.2) is 0 Å². The first-order valence-electron chi connectivity index (χ1n) is 6.88. The molecule has 0 amide bonds. The molecule has 0 spiro atoms. The highest BCUT2D eigenvalue weighted by atomic mass is 32.2. The molecule has 0 saturated heterocycles. The smallest absolute Gasteiger partial charge is 0.240 e. The van der Waals surface area contributed by atoms with Gasteiger partial charge in [-0.3, -0.25) is 0 Å². The summed E-state index contributed by atoms with van der Waals surface area (Å²) in [5.74, 6) is 0.650. The van der Waals surface area contributed by atoms with Gasteiger partial charge in [0.25, 0.3) is 0 Å². The molecule has 21 heavy (non-hydrogen) atoms. The van der Waals surface area contributed by atoms with Gasteiger partial charge in [0, 0.05) is 26.3 Å². The molecule has 0 aliphatic carbocycles. The van der Waals surface area contributed by atoms with Crippen molar-refractivity contribution >= 4 is 10.0 Å². The molecular formula is C14H24N2O4S. The molecule has 1 aromatic rings. The normalized spacial score (nSPS) is 13.1. The van der Waals surface area contributed by atoms with E-state index in [9.17, 15) is 8.42 Å². The van der Waals surface area contributed by atoms with Gasteiger partial charge in [-0.1, -0.05) is 0 Å². The van der Waals surface area contributed by atoms with Crippen LogP contribution in [-0.4, -0.2) is 48.4 Å². The quantitative estimate of drug-likeness (QED) is 0.630. The van der Waals surface area contributed by atoms with Crippen molar-refractivity contribution in [3.05, 3.63) is 24.3 Å². The molecule has 0 aliphatic heterocycles. The van der Waals surface area contributed by atoms with Gasteiger partial charge in [0.1, 0.15) is 12.4 Å². The number of hydrogen-bond donors (Lipinski definition) is 2. The maximum Gasteiger partial charge on any atom is 0.240 e. The van der Waals surface area contributed by atoms with E-state index >= 15 is 0 Å². The summed E-state index contributed by atoms with van der Waals surface area (Å²) in [4.78, 5) is 0.229. The highest BCUT2D eigenvalue weighted by Crippen LogP contribution is 2.16. The SMILES string of the molecule is CNCCOc1ccc(S(=O)(=O)NC(C)CCOC)cc1. The van der Waals surface area contributed by atoms with Crippen LogP contribution in [0.15, 0.2) is 29.2 Å². The second-order valence-electron chi connectivity index (χ2n) is 4.73. The van der Waals surface area contributed by atoms with E-state index in [-0.39, 0.29) is 10.9 Å². The van der Waals surface area contributed by atoms with Gasteiger partial charge >= 0.3 is 0 Å². The van der Waals surface area contributed by atoms with Crippen LogP contribution in [0.4, 0.5) is 0 Å². The number of hydrogen-bond acceptors (Lipinski definition) is 5. The molecule has 1 rings (SSSR count). The van der Waals surface area contributed by atoms with Crippen LogP contribution in [0.3, 0.4) is 0 Å². The third-order valence-electron chi connectivity index (χ3n) is 2.87. The topological polar surface area (TPSA) is 76.7 Å². The average molecular weight is 316 g/mol. The number of nitrogens with one attached hydrogen (secondary N) is 2. The van der Waals surface area contributed by atoms with Crippen LogP contribution in [0.1, 0.15) is 13.3 Å². The first-order chi connectivity index (χ1) is 9.99. The number of rotatable bonds is 10. The van der Waals surface area contributed by atoms with Crippen molar-refractivity contribution in [2.75, 3.05) is 33.9 Å². The van der Waals surface area contributed by atoms with Crippen LogP contribution >= 0.6 is 0 Å². The number of methoxy groups -OCH3 is 1. The minimum atomic E-state index is -3.51. The summed E-state index contributed by atoms with van der Waals surface area (Å²) in [6, 6.07) is 6.22. The van der Waals surface area contributed by atoms with Crippen molar-refractivity contribution in [3.63, 3.8) is 0 Å². The van der Waals surface area contributed by atoms with Crippen molar-refractivity contribution in [2.24, 2.45) is 0 Å². The largest absolute Gasteiger partial charge is 0.492 e. The van der Waals surface area contributed by atoms with Gasteiger partial charge in [-0.05, 0) is 44.7 Å². The first-order valence-corrected chi connectivity index (χ1v) is 8.36. The summed E-state index contributed by atoms with van der Waals surface area (Å²) in [5, 5.41) is 2.97. The molecule has 0 aliphatic rings. The van der Waals surface area contributed by atoms with E-state index in [4.69, 9.17) is 9.47 Å². The summed E-state index contributed by atoms with van der Waals surface area (Å²) in [6.45, 7) is 3.60. The van der Waals surface area contributed by atoms with Gasteiger partial charge in [-0.25, -0.2) is 13.1 Å². The third kappa shape index (κ3) is 6.43. The maximum atomic E-state index is 12.2. The lowest BCUT2D eigenvalue weighted by Gasteiger charge is -2.14. The van der Waals surface area contributed by atoms with Crippen molar-refractivity contribution in [2.45, 2.75) is 24.3 Å². The lowest BCUT2D eigenvalue weighted by atomic mass is 10.3. The van der Waals surface area contributed by atoms with E-state index in [1.54, 1.807) is 31.4 Å². The molecule has 0 aromatic heterocycles. The second kappa shape index (κ2) is 8.99. The third-order valence-corrected chi connectivity index (χ3v) is 4.47. The number of sulfonamides is 1. The zero-order valence-corrected chi connectivity index (χ0v) is 13.6. The van der Waals surface area contributed by atoms with E-state index in [0.29, 0.717) is 25.4 Å². The van der Waals surface area contributed by atoms with Crippen molar-refractivity contribution in [3.8, 4) is 5.75 Å². The van der Waals surface area contributed by atoms with Gasteiger partial charge in [-0.15, -0.1) is 0 Å². The zero-order chi connectivity index (χ0) is 15.7. The highest BCUT2D eigenvalue weighted by molar-refractivity contribution is 7.89. The summed E-state index contributed by atoms with van der Waals surface area (Å²) in [5.41, 5.74) is 0. The Balaban J connectivity index is 2.62. The standard InChI is InChI=1S/C14H24N2O4S/c1-12(8-10-19-3)16-21(17,18)14-6-4-13(5-7-14)20-11-9-15-2/h4-7,12,15-16H,8-11H2,1-3H3. The van der Waals surface area contributed by atoms with Crippen LogP contribution in [0.25, 0.3) is 0 Å². The second-order valence-corrected chi connectivity index (χ2v) is 6.44. The zero-order valence-electron chi connectivity index (χ0n) is 12.8. The summed E-state index contributed by atoms with van der Waals surface area (Å²) < 4.78 is 37.4. The fourth-order valence-electron chi connectivity index (χ4n) is 1.67. The van der Waals surface area contributed by atoms with Crippen LogP contribution in [0.2, 0.25) is 0 Å². The molecule has 1 aromatic carbocycles. The molecule has 0 saturated carbocycles. The number of ether oxygens (including phenoxy) is 2. The Morgan fingerprint density at radius 1 is 1.19 bits per heavy atom. The summed E-state index contributed by atoms with van der Waals surface area (Å²) in [7, 11) is -0.0713. The fraction of sp³-hybridized carbons (Fsp3) is 0.571. The van der Waals surface area contributed by atoms with Gasteiger partial charge in [-0.2, -0.15) is 0 Å². The average Bonchev–Trinajstić information content (AvgIpc) is 2.45. The Kier molecular flexibility index (Phi) is 7.66. The highest BCUT2D eigenvalue weighted by Gasteiger charge is 2.17. The van der Waals surface area contributed by atoms with Gasteiger partial charge < -0.3 is 14.8 Å². The molecule has 1 atom stereocenters. The van der Waals surface area contributed by atoms with Gasteiger partial charge in [0.05, 0.1) is 4.90 Å². The molecule has 2 N–H and O–H groups in total. The monoisotopic (exact) mass is 316 g/mol. The first kappa shape index (κ1) is 17.9. The molecule has 120 valence electrons. The predicted octanol–water partition coefficient (Wildman–Crippen LogP) is 0.988. The van der Waals surface area contributed by atoms with E-state index in [1.165, 1.54) is 0 Å². The maximum absolute atomic E-state index is 12.2. The fourth-order valence-corrected chi connectivity index (χ4v) is 2.95. The Labute approximate surface area is 126 Å². The molecule has 6 nitrogen and oxygen atoms in total. The van der Waals surface area contributed by atoms with E-state index in [1.807, 2.05) is 14.0 Å². The Hall–Kier alpha value is -1.15. The lowest BCUT2D eigenvalue weighted by Crippen LogP contribution is -2.33. The minimum absolute atomic E-state index is 0.179. The molecule has 0 radical (unpaired) electrons. The van der Waals surface area contributed by atoms with E-state index < -0.39 is 10.0 Å². The molecule has 7 heteroatoms. The predicted molar refractivity (Wildman–Crippen MR) is 82.1 cm³/mol. The Morgan fingerprint density at radius 2 is 1.86 bits per heavy atom. The summed E-state index contributed by atoms with van der Waals surface area (Å²) >= 11 is 0. The van der Waals surface area contributed by atoms with Crippen LogP contribution < -0.4 is 14.8 Å². The Bertz CT molecular complexity index is 502. The summed E-state index contributed by atoms with van der Waals surface area (Å²) in [6.07, 6.45) is 0.626. The van der Waals surface area contributed by atoms with E-state index in [2.05, 4.69) is 10.0 Å². The molecular weight excluding hydrogens is 292 g/mol. The Morgan fingerprint density at radius 3 is 2.43 bits per heavy atom. The van der Waals surface area contributed by atoms with Crippen molar-refractivity contribution < 1.29 is 17.9 Å². The number of likely N-dealkylation sites (N-methyl/N-ethyl adjacent to an activating group) is 1. The van der Waals surface area contributed by atoms with Crippen LogP contribution in [-0.2, 0) is 14.8 Å². The minimum Gasteiger partial charge on any atom is -0.492 e. The van der Waals surface area contributed by atoms with Crippen molar-refractivity contribution in [1.82, 2.24) is 10.0 Å². The van der Waals surface area contributed by atoms with E-state index in [0.717, 1.165) is 6.54 Å². The molecule has 0 heterocycles. The molecule has 0 bridgehead atoms. The van der Waals surface area contributed by atoms with Crippen LogP contribution in [0, 0.1) is 0 Å². The number of benzene rings is 1. The molecule has 1 unspecified atom stereocenters. The van der Waals surface area contributed by atoms with Gasteiger partial charge in [0.2, 0.25) is 10.0 Å².